The van der Waals surface area contributed by atoms with Gasteiger partial charge in [-0.25, -0.2) is 0 Å². The second kappa shape index (κ2) is 12.6. The molecule has 3 nitrogen and oxygen atoms in total. The topological polar surface area (TPSA) is 29.5 Å². The normalized spacial score (nSPS) is 11.6. The summed E-state index contributed by atoms with van der Waals surface area (Å²) in [5.41, 5.74) is 13.7. The van der Waals surface area contributed by atoms with E-state index < -0.39 is 0 Å². The van der Waals surface area contributed by atoms with E-state index in [1.807, 2.05) is 12.1 Å². The summed E-state index contributed by atoms with van der Waals surface area (Å²) in [5, 5.41) is 6.85. The summed E-state index contributed by atoms with van der Waals surface area (Å²) >= 11 is 0. The third kappa shape index (κ3) is 5.13. The van der Waals surface area contributed by atoms with Crippen molar-refractivity contribution >= 4 is 71.7 Å². The van der Waals surface area contributed by atoms with E-state index in [0.717, 1.165) is 72.1 Å². The van der Waals surface area contributed by atoms with E-state index in [9.17, 15) is 0 Å². The van der Waals surface area contributed by atoms with Gasteiger partial charge < -0.3 is 13.7 Å². The zero-order valence-electron chi connectivity index (χ0n) is 29.8. The molecule has 0 atom stereocenters. The molecule has 0 bridgehead atoms. The molecule has 0 aliphatic rings. The zero-order chi connectivity index (χ0) is 36.3. The minimum Gasteiger partial charge on any atom is -0.456 e. The van der Waals surface area contributed by atoms with E-state index in [-0.39, 0.29) is 0 Å². The molecule has 0 saturated carbocycles. The van der Waals surface area contributed by atoms with E-state index in [1.54, 1.807) is 0 Å². The average molecular weight is 704 g/mol. The van der Waals surface area contributed by atoms with Gasteiger partial charge in [0.05, 0.1) is 11.1 Å². The Bertz CT molecular complexity index is 3180. The van der Waals surface area contributed by atoms with Crippen LogP contribution in [0.25, 0.3) is 88.0 Å². The summed E-state index contributed by atoms with van der Waals surface area (Å²) in [6, 6.07) is 70.8. The fraction of sp³-hybridized carbons (Fsp3) is 0. The van der Waals surface area contributed by atoms with Crippen LogP contribution in [0.1, 0.15) is 0 Å². The number of fused-ring (bicyclic) bond motifs is 8. The molecule has 11 rings (SSSR count). The van der Waals surface area contributed by atoms with Crippen LogP contribution in [-0.2, 0) is 0 Å². The van der Waals surface area contributed by atoms with Crippen molar-refractivity contribution in [1.82, 2.24) is 0 Å². The lowest BCUT2D eigenvalue weighted by Gasteiger charge is -2.26. The van der Waals surface area contributed by atoms with E-state index in [4.69, 9.17) is 8.83 Å². The zero-order valence-corrected chi connectivity index (χ0v) is 29.8. The fourth-order valence-corrected chi connectivity index (χ4v) is 8.38. The summed E-state index contributed by atoms with van der Waals surface area (Å²) in [7, 11) is 0. The van der Waals surface area contributed by atoms with Gasteiger partial charge in [-0.15, -0.1) is 0 Å². The Hall–Kier alpha value is -7.36. The predicted molar refractivity (Wildman–Crippen MR) is 229 cm³/mol. The summed E-state index contributed by atoms with van der Waals surface area (Å²) < 4.78 is 12.9. The monoisotopic (exact) mass is 703 g/mol. The van der Waals surface area contributed by atoms with Crippen LogP contribution in [0.3, 0.4) is 0 Å². The molecule has 55 heavy (non-hydrogen) atoms. The standard InChI is InChI=1S/C52H33NO2/c1-3-12-34(13-4-1)35-24-28-38(29-25-35)53(45-20-11-23-47-50(45)44-16-7-8-21-46(44)54-47)39-30-26-37(27-31-39)41-18-10-22-48-51(41)52-43-19-9-17-40(36-14-5-2-6-15-36)42(43)32-33-49(52)55-48/h1-33H. The van der Waals surface area contributed by atoms with Crippen LogP contribution in [0.15, 0.2) is 209 Å². The minimum atomic E-state index is 0.863. The average Bonchev–Trinajstić information content (AvgIpc) is 3.84. The Labute approximate surface area is 317 Å². The van der Waals surface area contributed by atoms with Crippen LogP contribution in [0.2, 0.25) is 0 Å². The molecular formula is C52H33NO2. The lowest BCUT2D eigenvalue weighted by Crippen LogP contribution is -2.10. The van der Waals surface area contributed by atoms with Crippen molar-refractivity contribution in [2.24, 2.45) is 0 Å². The van der Waals surface area contributed by atoms with Crippen LogP contribution < -0.4 is 4.90 Å². The van der Waals surface area contributed by atoms with Gasteiger partial charge in [0.1, 0.15) is 22.3 Å². The maximum absolute atomic E-state index is 6.54. The number of anilines is 3. The Balaban J connectivity index is 1.08. The smallest absolute Gasteiger partial charge is 0.137 e. The van der Waals surface area contributed by atoms with E-state index >= 15 is 0 Å². The number of furan rings is 2. The minimum absolute atomic E-state index is 0.863. The number of rotatable bonds is 6. The molecule has 3 heteroatoms. The molecule has 0 amide bonds. The quantitative estimate of drug-likeness (QED) is 0.173. The maximum atomic E-state index is 6.54. The summed E-state index contributed by atoms with van der Waals surface area (Å²) in [6.07, 6.45) is 0. The first-order chi connectivity index (χ1) is 27.3. The molecule has 0 aliphatic heterocycles. The number of para-hydroxylation sites is 1. The SMILES string of the molecule is c1ccc(-c2ccc(N(c3ccc(-c4cccc5oc6ccc7c(-c8ccccc8)cccc7c6c45)cc3)c3cccc4oc5ccccc5c34)cc2)cc1. The number of hydrogen-bond donors (Lipinski definition) is 0. The summed E-state index contributed by atoms with van der Waals surface area (Å²) in [5.74, 6) is 0. The van der Waals surface area contributed by atoms with Gasteiger partial charge in [0.25, 0.3) is 0 Å². The first-order valence-corrected chi connectivity index (χ1v) is 18.7. The third-order valence-electron chi connectivity index (χ3n) is 10.9. The molecule has 9 aromatic carbocycles. The van der Waals surface area contributed by atoms with Gasteiger partial charge >= 0.3 is 0 Å². The second-order valence-electron chi connectivity index (χ2n) is 14.0. The molecule has 0 fully saturated rings. The largest absolute Gasteiger partial charge is 0.456 e. The van der Waals surface area contributed by atoms with Crippen molar-refractivity contribution in [2.75, 3.05) is 4.90 Å². The molecule has 11 aromatic rings. The first kappa shape index (κ1) is 31.2. The summed E-state index contributed by atoms with van der Waals surface area (Å²) in [4.78, 5) is 2.34. The van der Waals surface area contributed by atoms with E-state index in [2.05, 4.69) is 193 Å². The van der Waals surface area contributed by atoms with E-state index in [1.165, 1.54) is 33.0 Å². The van der Waals surface area contributed by atoms with Gasteiger partial charge in [0.15, 0.2) is 0 Å². The Morgan fingerprint density at radius 1 is 0.273 bits per heavy atom. The highest BCUT2D eigenvalue weighted by molar-refractivity contribution is 6.24. The third-order valence-corrected chi connectivity index (χ3v) is 10.9. The lowest BCUT2D eigenvalue weighted by atomic mass is 9.93. The second-order valence-corrected chi connectivity index (χ2v) is 14.0. The highest BCUT2D eigenvalue weighted by atomic mass is 16.3. The van der Waals surface area contributed by atoms with Crippen molar-refractivity contribution in [3.63, 3.8) is 0 Å². The van der Waals surface area contributed by atoms with Gasteiger partial charge in [-0.05, 0) is 98.8 Å². The predicted octanol–water partition coefficient (Wildman–Crippen LogP) is 15.1. The van der Waals surface area contributed by atoms with Crippen LogP contribution in [-0.4, -0.2) is 0 Å². The molecular weight excluding hydrogens is 671 g/mol. The molecule has 258 valence electrons. The number of hydrogen-bond acceptors (Lipinski definition) is 3. The molecule has 0 radical (unpaired) electrons. The van der Waals surface area contributed by atoms with Crippen molar-refractivity contribution in [1.29, 1.82) is 0 Å². The van der Waals surface area contributed by atoms with Gasteiger partial charge in [-0.2, -0.15) is 0 Å². The van der Waals surface area contributed by atoms with Gasteiger partial charge in [-0.3, -0.25) is 0 Å². The number of nitrogens with zero attached hydrogens (tertiary/aromatic N) is 1. The van der Waals surface area contributed by atoms with Crippen molar-refractivity contribution in [2.45, 2.75) is 0 Å². The highest BCUT2D eigenvalue weighted by Gasteiger charge is 2.21. The molecule has 0 saturated heterocycles. The molecule has 0 N–H and O–H groups in total. The molecule has 0 unspecified atom stereocenters. The molecule has 0 aliphatic carbocycles. The van der Waals surface area contributed by atoms with Gasteiger partial charge in [0.2, 0.25) is 0 Å². The maximum Gasteiger partial charge on any atom is 0.137 e. The van der Waals surface area contributed by atoms with Gasteiger partial charge in [-0.1, -0.05) is 146 Å². The van der Waals surface area contributed by atoms with Crippen molar-refractivity contribution < 1.29 is 8.83 Å². The van der Waals surface area contributed by atoms with Crippen molar-refractivity contribution in [3.8, 4) is 33.4 Å². The Kier molecular flexibility index (Phi) is 7.17. The summed E-state index contributed by atoms with van der Waals surface area (Å²) in [6.45, 7) is 0. The van der Waals surface area contributed by atoms with E-state index in [0.29, 0.717) is 0 Å². The van der Waals surface area contributed by atoms with Gasteiger partial charge in [0, 0.05) is 27.5 Å². The fourth-order valence-electron chi connectivity index (χ4n) is 8.38. The molecule has 2 heterocycles. The Morgan fingerprint density at radius 3 is 1.55 bits per heavy atom. The lowest BCUT2D eigenvalue weighted by molar-refractivity contribution is 0.668. The van der Waals surface area contributed by atoms with Crippen LogP contribution in [0.5, 0.6) is 0 Å². The van der Waals surface area contributed by atoms with Crippen LogP contribution in [0, 0.1) is 0 Å². The molecule has 0 spiro atoms. The highest BCUT2D eigenvalue weighted by Crippen LogP contribution is 2.45. The molecule has 2 aromatic heterocycles. The first-order valence-electron chi connectivity index (χ1n) is 18.7. The van der Waals surface area contributed by atoms with Crippen LogP contribution in [0.4, 0.5) is 17.1 Å². The van der Waals surface area contributed by atoms with Crippen molar-refractivity contribution in [3.05, 3.63) is 200 Å². The van der Waals surface area contributed by atoms with Crippen LogP contribution >= 0.6 is 0 Å². The number of benzene rings is 9. The Morgan fingerprint density at radius 2 is 0.782 bits per heavy atom.